The van der Waals surface area contributed by atoms with Gasteiger partial charge in [0.05, 0.1) is 26.1 Å². The minimum Gasteiger partial charge on any atom is -0.497 e. The minimum absolute atomic E-state index is 0.288. The molecule has 28 heavy (non-hydrogen) atoms. The van der Waals surface area contributed by atoms with Gasteiger partial charge in [0.1, 0.15) is 36.2 Å². The van der Waals surface area contributed by atoms with Crippen LogP contribution in [0.4, 0.5) is 0 Å². The summed E-state index contributed by atoms with van der Waals surface area (Å²) in [7, 11) is 3.28. The predicted octanol–water partition coefficient (Wildman–Crippen LogP) is 3.72. The van der Waals surface area contributed by atoms with E-state index in [0.29, 0.717) is 30.4 Å². The monoisotopic (exact) mass is 380 g/mol. The van der Waals surface area contributed by atoms with E-state index in [4.69, 9.17) is 24.7 Å². The highest BCUT2D eigenvalue weighted by molar-refractivity contribution is 5.36. The SMILES string of the molecule is COc1ccc(COc2cnc(CN)c(OCc3ccc(OC)cc3)c2)cc1. The first-order valence-electron chi connectivity index (χ1n) is 8.92. The normalized spacial score (nSPS) is 10.4. The van der Waals surface area contributed by atoms with Crippen LogP contribution in [0, 0.1) is 0 Å². The molecular formula is C22H24N2O4. The number of rotatable bonds is 9. The van der Waals surface area contributed by atoms with Crippen LogP contribution in [0.2, 0.25) is 0 Å². The Morgan fingerprint density at radius 3 is 1.79 bits per heavy atom. The van der Waals surface area contributed by atoms with Crippen molar-refractivity contribution in [2.24, 2.45) is 5.73 Å². The highest BCUT2D eigenvalue weighted by Gasteiger charge is 2.08. The lowest BCUT2D eigenvalue weighted by atomic mass is 10.2. The van der Waals surface area contributed by atoms with Crippen molar-refractivity contribution in [3.05, 3.63) is 77.6 Å². The Kier molecular flexibility index (Phi) is 6.70. The van der Waals surface area contributed by atoms with Crippen LogP contribution in [0.1, 0.15) is 16.8 Å². The van der Waals surface area contributed by atoms with Crippen molar-refractivity contribution in [3.8, 4) is 23.0 Å². The molecule has 0 radical (unpaired) electrons. The molecule has 1 heterocycles. The van der Waals surface area contributed by atoms with E-state index < -0.39 is 0 Å². The molecule has 0 saturated carbocycles. The fourth-order valence-corrected chi connectivity index (χ4v) is 2.58. The Morgan fingerprint density at radius 2 is 1.29 bits per heavy atom. The zero-order valence-electron chi connectivity index (χ0n) is 16.1. The Balaban J connectivity index is 1.64. The smallest absolute Gasteiger partial charge is 0.146 e. The molecule has 0 aliphatic carbocycles. The summed E-state index contributed by atoms with van der Waals surface area (Å²) in [4.78, 5) is 4.36. The molecule has 2 N–H and O–H groups in total. The molecule has 146 valence electrons. The molecule has 0 atom stereocenters. The summed E-state index contributed by atoms with van der Waals surface area (Å²) in [6.07, 6.45) is 1.66. The average Bonchev–Trinajstić information content (AvgIpc) is 2.77. The highest BCUT2D eigenvalue weighted by atomic mass is 16.5. The number of hydrogen-bond donors (Lipinski definition) is 1. The number of aromatic nitrogens is 1. The molecule has 3 aromatic rings. The second kappa shape index (κ2) is 9.62. The average molecular weight is 380 g/mol. The number of hydrogen-bond acceptors (Lipinski definition) is 6. The fourth-order valence-electron chi connectivity index (χ4n) is 2.58. The molecular weight excluding hydrogens is 356 g/mol. The molecule has 0 amide bonds. The Hall–Kier alpha value is -3.25. The standard InChI is InChI=1S/C22H24N2O4/c1-25-18-7-3-16(4-8-18)14-27-20-11-22(21(12-23)24-13-20)28-15-17-5-9-19(26-2)10-6-17/h3-11,13H,12,14-15,23H2,1-2H3. The molecule has 0 aliphatic heterocycles. The first-order chi connectivity index (χ1) is 13.7. The third kappa shape index (κ3) is 5.14. The second-order valence-corrected chi connectivity index (χ2v) is 6.09. The zero-order valence-corrected chi connectivity index (χ0v) is 16.1. The number of methoxy groups -OCH3 is 2. The van der Waals surface area contributed by atoms with Crippen LogP contribution in [-0.4, -0.2) is 19.2 Å². The third-order valence-corrected chi connectivity index (χ3v) is 4.22. The van der Waals surface area contributed by atoms with Gasteiger partial charge in [-0.05, 0) is 35.4 Å². The molecule has 1 aromatic heterocycles. The maximum absolute atomic E-state index is 5.93. The number of benzene rings is 2. The van der Waals surface area contributed by atoms with Crippen LogP contribution in [0.5, 0.6) is 23.0 Å². The van der Waals surface area contributed by atoms with Crippen molar-refractivity contribution < 1.29 is 18.9 Å². The van der Waals surface area contributed by atoms with Crippen LogP contribution in [0.15, 0.2) is 60.8 Å². The number of nitrogens with zero attached hydrogens (tertiary/aromatic N) is 1. The molecule has 2 aromatic carbocycles. The van der Waals surface area contributed by atoms with E-state index in [1.807, 2.05) is 54.6 Å². The van der Waals surface area contributed by atoms with E-state index in [0.717, 1.165) is 22.6 Å². The van der Waals surface area contributed by atoms with E-state index in [9.17, 15) is 0 Å². The Labute approximate surface area is 164 Å². The van der Waals surface area contributed by atoms with E-state index >= 15 is 0 Å². The summed E-state index contributed by atoms with van der Waals surface area (Å²) in [5, 5.41) is 0. The van der Waals surface area contributed by atoms with Gasteiger partial charge in [-0.25, -0.2) is 0 Å². The quantitative estimate of drug-likeness (QED) is 0.610. The van der Waals surface area contributed by atoms with Gasteiger partial charge in [-0.3, -0.25) is 4.98 Å². The molecule has 0 fully saturated rings. The summed E-state index contributed by atoms with van der Waals surface area (Å²) in [5.74, 6) is 2.86. The van der Waals surface area contributed by atoms with Crippen molar-refractivity contribution in [2.75, 3.05) is 14.2 Å². The molecule has 0 aliphatic rings. The summed E-state index contributed by atoms with van der Waals surface area (Å²) in [5.41, 5.74) is 8.53. The van der Waals surface area contributed by atoms with Gasteiger partial charge in [-0.1, -0.05) is 24.3 Å². The lowest BCUT2D eigenvalue weighted by Crippen LogP contribution is -2.06. The van der Waals surface area contributed by atoms with Gasteiger partial charge in [-0.15, -0.1) is 0 Å². The van der Waals surface area contributed by atoms with E-state index in [2.05, 4.69) is 4.98 Å². The van der Waals surface area contributed by atoms with Crippen molar-refractivity contribution in [1.29, 1.82) is 0 Å². The van der Waals surface area contributed by atoms with Crippen LogP contribution in [0.3, 0.4) is 0 Å². The van der Waals surface area contributed by atoms with Crippen LogP contribution in [0.25, 0.3) is 0 Å². The van der Waals surface area contributed by atoms with Gasteiger partial charge in [0, 0.05) is 12.6 Å². The van der Waals surface area contributed by atoms with Crippen molar-refractivity contribution in [2.45, 2.75) is 19.8 Å². The maximum atomic E-state index is 5.93. The molecule has 3 rings (SSSR count). The summed E-state index contributed by atoms with van der Waals surface area (Å²) in [6.45, 7) is 1.11. The van der Waals surface area contributed by atoms with Crippen LogP contribution < -0.4 is 24.7 Å². The van der Waals surface area contributed by atoms with Gasteiger partial charge in [0.15, 0.2) is 0 Å². The fraction of sp³-hybridized carbons (Fsp3) is 0.227. The first kappa shape index (κ1) is 19.5. The third-order valence-electron chi connectivity index (χ3n) is 4.22. The summed E-state index contributed by atoms with van der Waals surface area (Å²) >= 11 is 0. The number of ether oxygens (including phenoxy) is 4. The lowest BCUT2D eigenvalue weighted by molar-refractivity contribution is 0.285. The summed E-state index contributed by atoms with van der Waals surface area (Å²) < 4.78 is 22.1. The van der Waals surface area contributed by atoms with E-state index in [-0.39, 0.29) is 6.54 Å². The van der Waals surface area contributed by atoms with Crippen LogP contribution in [-0.2, 0) is 19.8 Å². The lowest BCUT2D eigenvalue weighted by Gasteiger charge is -2.13. The number of pyridine rings is 1. The van der Waals surface area contributed by atoms with Crippen LogP contribution >= 0.6 is 0 Å². The summed E-state index contributed by atoms with van der Waals surface area (Å²) in [6, 6.07) is 17.3. The van der Waals surface area contributed by atoms with E-state index in [1.54, 1.807) is 20.4 Å². The molecule has 0 unspecified atom stereocenters. The van der Waals surface area contributed by atoms with Crippen molar-refractivity contribution >= 4 is 0 Å². The second-order valence-electron chi connectivity index (χ2n) is 6.09. The Bertz CT molecular complexity index is 880. The van der Waals surface area contributed by atoms with Gasteiger partial charge in [0.2, 0.25) is 0 Å². The van der Waals surface area contributed by atoms with Gasteiger partial charge >= 0.3 is 0 Å². The Morgan fingerprint density at radius 1 is 0.750 bits per heavy atom. The zero-order chi connectivity index (χ0) is 19.8. The molecule has 6 nitrogen and oxygen atoms in total. The molecule has 0 spiro atoms. The first-order valence-corrected chi connectivity index (χ1v) is 8.92. The van der Waals surface area contributed by atoms with Gasteiger partial charge < -0.3 is 24.7 Å². The topological polar surface area (TPSA) is 75.8 Å². The van der Waals surface area contributed by atoms with Gasteiger partial charge in [-0.2, -0.15) is 0 Å². The minimum atomic E-state index is 0.288. The predicted molar refractivity (Wildman–Crippen MR) is 107 cm³/mol. The maximum Gasteiger partial charge on any atom is 0.146 e. The van der Waals surface area contributed by atoms with Crippen molar-refractivity contribution in [1.82, 2.24) is 4.98 Å². The molecule has 6 heteroatoms. The van der Waals surface area contributed by atoms with E-state index in [1.165, 1.54) is 0 Å². The molecule has 0 bridgehead atoms. The number of nitrogens with two attached hydrogens (primary N) is 1. The molecule has 0 saturated heterocycles. The van der Waals surface area contributed by atoms with Gasteiger partial charge in [0.25, 0.3) is 0 Å². The highest BCUT2D eigenvalue weighted by Crippen LogP contribution is 2.25. The van der Waals surface area contributed by atoms with Crippen molar-refractivity contribution in [3.63, 3.8) is 0 Å². The largest absolute Gasteiger partial charge is 0.497 e.